The lowest BCUT2D eigenvalue weighted by Crippen LogP contribution is -1.87. The molecule has 0 fully saturated rings. The van der Waals surface area contributed by atoms with Crippen LogP contribution in [0.5, 0.6) is 0 Å². The highest BCUT2D eigenvalue weighted by atomic mass is 16.5. The van der Waals surface area contributed by atoms with Crippen LogP contribution in [0.25, 0.3) is 0 Å². The second-order valence-electron chi connectivity index (χ2n) is 1.55. The topological polar surface area (TPSA) is 52.6 Å². The first-order chi connectivity index (χ1) is 7.54. The SMILES string of the molecule is C=C.C=C.C=COC(C)=O.C=COC(C)=O. The maximum Gasteiger partial charge on any atom is 0.307 e. The largest absolute Gasteiger partial charge is 0.435 e. The molecule has 0 heterocycles. The summed E-state index contributed by atoms with van der Waals surface area (Å²) in [7, 11) is 0. The van der Waals surface area contributed by atoms with E-state index in [1.165, 1.54) is 13.8 Å². The summed E-state index contributed by atoms with van der Waals surface area (Å²) in [6.07, 6.45) is 2.20. The summed E-state index contributed by atoms with van der Waals surface area (Å²) in [6.45, 7) is 21.0. The minimum atomic E-state index is -0.329. The first kappa shape index (κ1) is 23.6. The molecule has 0 aromatic carbocycles. The van der Waals surface area contributed by atoms with Crippen molar-refractivity contribution in [3.63, 3.8) is 0 Å². The van der Waals surface area contributed by atoms with Gasteiger partial charge in [0.05, 0.1) is 12.5 Å². The Balaban J connectivity index is -0.0000000686. The fourth-order valence-corrected chi connectivity index (χ4v) is 0.235. The zero-order valence-electron chi connectivity index (χ0n) is 10.0. The Morgan fingerprint density at radius 1 is 0.812 bits per heavy atom. The lowest BCUT2D eigenvalue weighted by molar-refractivity contribution is -0.136. The molecule has 16 heavy (non-hydrogen) atoms. The summed E-state index contributed by atoms with van der Waals surface area (Å²) in [5.41, 5.74) is 0. The highest BCUT2D eigenvalue weighted by molar-refractivity contribution is 5.66. The fraction of sp³-hybridized carbons (Fsp3) is 0.167. The molecule has 0 rings (SSSR count). The maximum absolute atomic E-state index is 9.75. The first-order valence-electron chi connectivity index (χ1n) is 4.10. The van der Waals surface area contributed by atoms with Gasteiger partial charge < -0.3 is 9.47 Å². The average Bonchev–Trinajstić information content (AvgIpc) is 2.24. The average molecular weight is 228 g/mol. The Kier molecular flexibility index (Phi) is 43.2. The normalized spacial score (nSPS) is 5.62. The van der Waals surface area contributed by atoms with Crippen LogP contribution in [0.3, 0.4) is 0 Å². The van der Waals surface area contributed by atoms with Gasteiger partial charge in [0.25, 0.3) is 0 Å². The molecule has 0 saturated carbocycles. The molecule has 92 valence electrons. The van der Waals surface area contributed by atoms with Crippen LogP contribution in [-0.2, 0) is 19.1 Å². The van der Waals surface area contributed by atoms with E-state index in [4.69, 9.17) is 0 Å². The molecule has 0 aliphatic carbocycles. The molecular formula is C12H20O4. The summed E-state index contributed by atoms with van der Waals surface area (Å²) >= 11 is 0. The molecule has 0 aromatic heterocycles. The van der Waals surface area contributed by atoms with E-state index >= 15 is 0 Å². The molecule has 0 spiro atoms. The Bertz CT molecular complexity index is 175. The summed E-state index contributed by atoms with van der Waals surface area (Å²) < 4.78 is 8.33. The molecule has 0 saturated heterocycles. The van der Waals surface area contributed by atoms with Crippen molar-refractivity contribution >= 4 is 11.9 Å². The molecule has 0 amide bonds. The number of ether oxygens (including phenoxy) is 2. The van der Waals surface area contributed by atoms with Crippen molar-refractivity contribution in [1.82, 2.24) is 0 Å². The van der Waals surface area contributed by atoms with E-state index in [-0.39, 0.29) is 11.9 Å². The monoisotopic (exact) mass is 228 g/mol. The molecular weight excluding hydrogens is 208 g/mol. The third-order valence-corrected chi connectivity index (χ3v) is 0.499. The predicted molar refractivity (Wildman–Crippen MR) is 66.4 cm³/mol. The van der Waals surface area contributed by atoms with Gasteiger partial charge >= 0.3 is 11.9 Å². The van der Waals surface area contributed by atoms with Crippen LogP contribution in [0.1, 0.15) is 13.8 Å². The molecule has 4 heteroatoms. The second kappa shape index (κ2) is 29.3. The first-order valence-corrected chi connectivity index (χ1v) is 4.10. The van der Waals surface area contributed by atoms with E-state index in [9.17, 15) is 9.59 Å². The minimum absolute atomic E-state index is 0.329. The highest BCUT2D eigenvalue weighted by Gasteiger charge is 1.79. The highest BCUT2D eigenvalue weighted by Crippen LogP contribution is 1.70. The van der Waals surface area contributed by atoms with Gasteiger partial charge in [-0.15, -0.1) is 26.3 Å². The van der Waals surface area contributed by atoms with E-state index in [2.05, 4.69) is 48.9 Å². The van der Waals surface area contributed by atoms with Gasteiger partial charge in [-0.25, -0.2) is 0 Å². The van der Waals surface area contributed by atoms with Gasteiger partial charge in [0.15, 0.2) is 0 Å². The Hall–Kier alpha value is -2.10. The fourth-order valence-electron chi connectivity index (χ4n) is 0.235. The third-order valence-electron chi connectivity index (χ3n) is 0.499. The van der Waals surface area contributed by atoms with Crippen LogP contribution < -0.4 is 0 Å². The van der Waals surface area contributed by atoms with Crippen molar-refractivity contribution in [2.24, 2.45) is 0 Å². The number of carbonyl (C=O) groups is 2. The van der Waals surface area contributed by atoms with Crippen molar-refractivity contribution < 1.29 is 19.1 Å². The third kappa shape index (κ3) is 93.0. The van der Waals surface area contributed by atoms with Crippen molar-refractivity contribution in [3.8, 4) is 0 Å². The smallest absolute Gasteiger partial charge is 0.307 e. The van der Waals surface area contributed by atoms with Crippen molar-refractivity contribution in [2.45, 2.75) is 13.8 Å². The number of esters is 2. The van der Waals surface area contributed by atoms with E-state index in [0.29, 0.717) is 0 Å². The van der Waals surface area contributed by atoms with Gasteiger partial charge in [-0.1, -0.05) is 13.2 Å². The van der Waals surface area contributed by atoms with Crippen LogP contribution in [0.15, 0.2) is 52.0 Å². The van der Waals surface area contributed by atoms with Gasteiger partial charge in [-0.05, 0) is 0 Å². The molecule has 0 aromatic rings. The molecule has 0 N–H and O–H groups in total. The van der Waals surface area contributed by atoms with Crippen molar-refractivity contribution in [2.75, 3.05) is 0 Å². The summed E-state index contributed by atoms with van der Waals surface area (Å²) in [6, 6.07) is 0. The zero-order chi connectivity index (χ0) is 14.0. The molecule has 0 atom stereocenters. The van der Waals surface area contributed by atoms with Gasteiger partial charge in [-0.3, -0.25) is 9.59 Å². The van der Waals surface area contributed by atoms with E-state index in [1.807, 2.05) is 0 Å². The van der Waals surface area contributed by atoms with Crippen LogP contribution in [-0.4, -0.2) is 11.9 Å². The van der Waals surface area contributed by atoms with Crippen molar-refractivity contribution in [1.29, 1.82) is 0 Å². The molecule has 4 nitrogen and oxygen atoms in total. The standard InChI is InChI=1S/2C4H6O2.2C2H4/c2*1-3-6-4(2)5;2*1-2/h2*3H,1H2,2H3;2*1-2H2. The molecule has 0 unspecified atom stereocenters. The summed E-state index contributed by atoms with van der Waals surface area (Å²) in [4.78, 5) is 19.5. The number of hydrogen-bond donors (Lipinski definition) is 0. The lowest BCUT2D eigenvalue weighted by atomic mass is 10.8. The van der Waals surface area contributed by atoms with Gasteiger partial charge in [0.1, 0.15) is 0 Å². The summed E-state index contributed by atoms with van der Waals surface area (Å²) in [5.74, 6) is -0.657. The molecule has 0 radical (unpaired) electrons. The van der Waals surface area contributed by atoms with Gasteiger partial charge in [0, 0.05) is 13.8 Å². The van der Waals surface area contributed by atoms with E-state index < -0.39 is 0 Å². The van der Waals surface area contributed by atoms with Crippen LogP contribution >= 0.6 is 0 Å². The Labute approximate surface area is 97.6 Å². The molecule has 0 aliphatic rings. The summed E-state index contributed by atoms with van der Waals surface area (Å²) in [5, 5.41) is 0. The second-order valence-corrected chi connectivity index (χ2v) is 1.55. The number of rotatable bonds is 2. The Morgan fingerprint density at radius 3 is 1.00 bits per heavy atom. The van der Waals surface area contributed by atoms with Crippen LogP contribution in [0.4, 0.5) is 0 Å². The number of hydrogen-bond acceptors (Lipinski definition) is 4. The zero-order valence-corrected chi connectivity index (χ0v) is 10.0. The van der Waals surface area contributed by atoms with E-state index in [0.717, 1.165) is 12.5 Å². The van der Waals surface area contributed by atoms with Gasteiger partial charge in [-0.2, -0.15) is 0 Å². The van der Waals surface area contributed by atoms with Gasteiger partial charge in [0.2, 0.25) is 0 Å². The van der Waals surface area contributed by atoms with E-state index in [1.54, 1.807) is 0 Å². The lowest BCUT2D eigenvalue weighted by Gasteiger charge is -1.83. The predicted octanol–water partition coefficient (Wildman–Crippen LogP) is 2.99. The Morgan fingerprint density at radius 2 is 1.00 bits per heavy atom. The minimum Gasteiger partial charge on any atom is -0.435 e. The van der Waals surface area contributed by atoms with Crippen molar-refractivity contribution in [3.05, 3.63) is 52.0 Å². The maximum atomic E-state index is 9.75. The quantitative estimate of drug-likeness (QED) is 0.414. The number of carbonyl (C=O) groups excluding carboxylic acids is 2. The van der Waals surface area contributed by atoms with Crippen LogP contribution in [0.2, 0.25) is 0 Å². The van der Waals surface area contributed by atoms with Crippen LogP contribution in [0, 0.1) is 0 Å². The molecule has 0 bridgehead atoms. The molecule has 0 aliphatic heterocycles.